The van der Waals surface area contributed by atoms with E-state index in [2.05, 4.69) is 15.7 Å². The number of nitrogens with one attached hydrogen (secondary N) is 2. The molecule has 1 aromatic heterocycles. The number of benzene rings is 1. The Kier molecular flexibility index (Phi) is 1.95. The SMILES string of the molecule is Cc1ccc2c(c1)Nc1c(cnn1C)C(=O)N2. The molecule has 1 aliphatic heterocycles. The van der Waals surface area contributed by atoms with Gasteiger partial charge in [0.2, 0.25) is 0 Å². The van der Waals surface area contributed by atoms with Crippen LogP contribution in [0.15, 0.2) is 24.4 Å². The average molecular weight is 228 g/mol. The molecule has 0 fully saturated rings. The van der Waals surface area contributed by atoms with Crippen molar-refractivity contribution in [2.75, 3.05) is 10.6 Å². The second-order valence-corrected chi connectivity index (χ2v) is 4.16. The van der Waals surface area contributed by atoms with Gasteiger partial charge in [-0.05, 0) is 24.6 Å². The molecule has 0 aliphatic carbocycles. The quantitative estimate of drug-likeness (QED) is 0.725. The number of hydrogen-bond donors (Lipinski definition) is 2. The molecule has 5 heteroatoms. The van der Waals surface area contributed by atoms with Crippen molar-refractivity contribution in [3.8, 4) is 0 Å². The molecule has 2 heterocycles. The van der Waals surface area contributed by atoms with Crippen LogP contribution in [0.1, 0.15) is 15.9 Å². The molecule has 17 heavy (non-hydrogen) atoms. The molecule has 0 saturated heterocycles. The Balaban J connectivity index is 2.19. The average Bonchev–Trinajstić information content (AvgIpc) is 2.57. The summed E-state index contributed by atoms with van der Waals surface area (Å²) in [5, 5.41) is 10.2. The minimum Gasteiger partial charge on any atom is -0.338 e. The predicted molar refractivity (Wildman–Crippen MR) is 65.6 cm³/mol. The zero-order chi connectivity index (χ0) is 12.0. The van der Waals surface area contributed by atoms with Crippen LogP contribution in [-0.4, -0.2) is 15.7 Å². The lowest BCUT2D eigenvalue weighted by Gasteiger charge is -2.09. The number of amides is 1. The second kappa shape index (κ2) is 3.35. The van der Waals surface area contributed by atoms with Gasteiger partial charge in [0.05, 0.1) is 17.6 Å². The summed E-state index contributed by atoms with van der Waals surface area (Å²) >= 11 is 0. The third-order valence-corrected chi connectivity index (χ3v) is 2.86. The summed E-state index contributed by atoms with van der Waals surface area (Å²) < 4.78 is 1.66. The van der Waals surface area contributed by atoms with Crippen LogP contribution < -0.4 is 10.6 Å². The summed E-state index contributed by atoms with van der Waals surface area (Å²) in [7, 11) is 1.81. The van der Waals surface area contributed by atoms with Gasteiger partial charge in [-0.3, -0.25) is 9.48 Å². The molecule has 1 amide bonds. The standard InChI is InChI=1S/C12H12N4O/c1-7-3-4-9-10(5-7)14-11-8(12(17)15-9)6-13-16(11)2/h3-6,14H,1-2H3,(H,15,17). The monoisotopic (exact) mass is 228 g/mol. The molecule has 0 radical (unpaired) electrons. The Morgan fingerprint density at radius 2 is 2.06 bits per heavy atom. The van der Waals surface area contributed by atoms with Gasteiger partial charge in [0, 0.05) is 7.05 Å². The van der Waals surface area contributed by atoms with Crippen LogP contribution in [0.3, 0.4) is 0 Å². The van der Waals surface area contributed by atoms with E-state index in [4.69, 9.17) is 0 Å². The fraction of sp³-hybridized carbons (Fsp3) is 0.167. The maximum Gasteiger partial charge on any atom is 0.261 e. The largest absolute Gasteiger partial charge is 0.338 e. The second-order valence-electron chi connectivity index (χ2n) is 4.16. The van der Waals surface area contributed by atoms with Crippen LogP contribution in [0.5, 0.6) is 0 Å². The van der Waals surface area contributed by atoms with E-state index < -0.39 is 0 Å². The van der Waals surface area contributed by atoms with Crippen molar-refractivity contribution in [2.24, 2.45) is 7.05 Å². The van der Waals surface area contributed by atoms with Gasteiger partial charge in [-0.2, -0.15) is 5.10 Å². The highest BCUT2D eigenvalue weighted by atomic mass is 16.1. The van der Waals surface area contributed by atoms with Crippen molar-refractivity contribution >= 4 is 23.1 Å². The lowest BCUT2D eigenvalue weighted by Crippen LogP contribution is -2.09. The zero-order valence-electron chi connectivity index (χ0n) is 9.61. The number of nitrogens with zero attached hydrogens (tertiary/aromatic N) is 2. The molecule has 3 rings (SSSR count). The molecule has 0 bridgehead atoms. The summed E-state index contributed by atoms with van der Waals surface area (Å²) in [6, 6.07) is 5.86. The van der Waals surface area contributed by atoms with E-state index in [0.717, 1.165) is 16.9 Å². The first kappa shape index (κ1) is 9.89. The van der Waals surface area contributed by atoms with Crippen molar-refractivity contribution in [2.45, 2.75) is 6.92 Å². The van der Waals surface area contributed by atoms with Gasteiger partial charge in [-0.1, -0.05) is 6.07 Å². The summed E-state index contributed by atoms with van der Waals surface area (Å²) in [4.78, 5) is 12.0. The molecule has 0 spiro atoms. The Hall–Kier alpha value is -2.30. The lowest BCUT2D eigenvalue weighted by molar-refractivity contribution is 0.102. The Labute approximate surface area is 98.4 Å². The van der Waals surface area contributed by atoms with Gasteiger partial charge in [-0.15, -0.1) is 0 Å². The van der Waals surface area contributed by atoms with Gasteiger partial charge in [0.25, 0.3) is 5.91 Å². The fourth-order valence-corrected chi connectivity index (χ4v) is 1.94. The van der Waals surface area contributed by atoms with E-state index in [-0.39, 0.29) is 5.91 Å². The third kappa shape index (κ3) is 1.47. The van der Waals surface area contributed by atoms with Crippen LogP contribution >= 0.6 is 0 Å². The number of hydrogen-bond acceptors (Lipinski definition) is 3. The normalized spacial score (nSPS) is 13.2. The molecule has 1 aliphatic rings. The first-order valence-corrected chi connectivity index (χ1v) is 5.36. The van der Waals surface area contributed by atoms with E-state index in [1.807, 2.05) is 25.1 Å². The molecule has 2 N–H and O–H groups in total. The Bertz CT molecular complexity index is 615. The van der Waals surface area contributed by atoms with E-state index >= 15 is 0 Å². The summed E-state index contributed by atoms with van der Waals surface area (Å²) in [6.07, 6.45) is 1.57. The maximum absolute atomic E-state index is 12.0. The van der Waals surface area contributed by atoms with Gasteiger partial charge in [0.1, 0.15) is 11.4 Å². The number of anilines is 3. The first-order chi connectivity index (χ1) is 8.15. The first-order valence-electron chi connectivity index (χ1n) is 5.36. The topological polar surface area (TPSA) is 59.0 Å². The molecule has 1 aromatic carbocycles. The molecule has 86 valence electrons. The molecule has 0 saturated carbocycles. The molecule has 5 nitrogen and oxygen atoms in total. The van der Waals surface area contributed by atoms with Crippen LogP contribution in [-0.2, 0) is 7.05 Å². The van der Waals surface area contributed by atoms with E-state index in [0.29, 0.717) is 11.4 Å². The summed E-state index contributed by atoms with van der Waals surface area (Å²) in [6.45, 7) is 2.01. The number of fused-ring (bicyclic) bond motifs is 2. The van der Waals surface area contributed by atoms with Crippen molar-refractivity contribution in [3.05, 3.63) is 35.5 Å². The lowest BCUT2D eigenvalue weighted by atomic mass is 10.2. The van der Waals surface area contributed by atoms with Crippen molar-refractivity contribution < 1.29 is 4.79 Å². The maximum atomic E-state index is 12.0. The van der Waals surface area contributed by atoms with E-state index in [1.165, 1.54) is 0 Å². The van der Waals surface area contributed by atoms with Gasteiger partial charge >= 0.3 is 0 Å². The third-order valence-electron chi connectivity index (χ3n) is 2.86. The smallest absolute Gasteiger partial charge is 0.261 e. The van der Waals surface area contributed by atoms with Gasteiger partial charge < -0.3 is 10.6 Å². The highest BCUT2D eigenvalue weighted by molar-refractivity contribution is 6.11. The summed E-state index contributed by atoms with van der Waals surface area (Å²) in [5.41, 5.74) is 3.37. The van der Waals surface area contributed by atoms with Crippen LogP contribution in [0.2, 0.25) is 0 Å². The minimum atomic E-state index is -0.136. The summed E-state index contributed by atoms with van der Waals surface area (Å²) in [5.74, 6) is 0.579. The number of carbonyl (C=O) groups is 1. The molecule has 0 unspecified atom stereocenters. The van der Waals surface area contributed by atoms with Gasteiger partial charge in [0.15, 0.2) is 0 Å². The van der Waals surface area contributed by atoms with E-state index in [1.54, 1.807) is 17.9 Å². The molecular formula is C12H12N4O. The van der Waals surface area contributed by atoms with Crippen LogP contribution in [0, 0.1) is 6.92 Å². The predicted octanol–water partition coefficient (Wildman–Crippen LogP) is 2.04. The Morgan fingerprint density at radius 3 is 2.88 bits per heavy atom. The zero-order valence-corrected chi connectivity index (χ0v) is 9.61. The highest BCUT2D eigenvalue weighted by Crippen LogP contribution is 2.31. The highest BCUT2D eigenvalue weighted by Gasteiger charge is 2.21. The molecule has 2 aromatic rings. The number of rotatable bonds is 0. The minimum absolute atomic E-state index is 0.136. The molecule has 0 atom stereocenters. The fourth-order valence-electron chi connectivity index (χ4n) is 1.94. The van der Waals surface area contributed by atoms with Gasteiger partial charge in [-0.25, -0.2) is 0 Å². The van der Waals surface area contributed by atoms with Crippen LogP contribution in [0.25, 0.3) is 0 Å². The van der Waals surface area contributed by atoms with Crippen molar-refractivity contribution in [1.82, 2.24) is 9.78 Å². The number of aromatic nitrogens is 2. The number of aryl methyl sites for hydroxylation is 2. The van der Waals surface area contributed by atoms with E-state index in [9.17, 15) is 4.79 Å². The van der Waals surface area contributed by atoms with Crippen molar-refractivity contribution in [3.63, 3.8) is 0 Å². The Morgan fingerprint density at radius 1 is 1.24 bits per heavy atom. The van der Waals surface area contributed by atoms with Crippen molar-refractivity contribution in [1.29, 1.82) is 0 Å². The molecular weight excluding hydrogens is 216 g/mol. The van der Waals surface area contributed by atoms with Crippen LogP contribution in [0.4, 0.5) is 17.2 Å². The number of carbonyl (C=O) groups excluding carboxylic acids is 1.